The Morgan fingerprint density at radius 3 is 2.60 bits per heavy atom. The van der Waals surface area contributed by atoms with E-state index in [-0.39, 0.29) is 0 Å². The van der Waals surface area contributed by atoms with Crippen molar-refractivity contribution in [2.24, 2.45) is 0 Å². The third kappa shape index (κ3) is 5.64. The van der Waals surface area contributed by atoms with Crippen LogP contribution in [-0.4, -0.2) is 53.3 Å². The molecule has 1 aliphatic rings. The van der Waals surface area contributed by atoms with E-state index in [1.54, 1.807) is 6.26 Å². The number of likely N-dealkylation sites (tertiary alicyclic amines) is 1. The molecule has 2 unspecified atom stereocenters. The second-order valence-corrected chi connectivity index (χ2v) is 6.20. The van der Waals surface area contributed by atoms with Gasteiger partial charge in [0.1, 0.15) is 0 Å². The molecule has 0 saturated carbocycles. The molecule has 0 amide bonds. The molecular formula is C11H24N2OS. The van der Waals surface area contributed by atoms with E-state index in [1.165, 1.54) is 32.5 Å². The van der Waals surface area contributed by atoms with Gasteiger partial charge in [0.05, 0.1) is 0 Å². The normalized spacial score (nSPS) is 21.7. The minimum absolute atomic E-state index is 0.323. The largest absolute Gasteiger partial charge is 0.315 e. The summed E-state index contributed by atoms with van der Waals surface area (Å²) in [5.74, 6) is 0. The van der Waals surface area contributed by atoms with Crippen molar-refractivity contribution in [3.05, 3.63) is 0 Å². The van der Waals surface area contributed by atoms with Gasteiger partial charge in [-0.25, -0.2) is 0 Å². The molecule has 0 spiro atoms. The van der Waals surface area contributed by atoms with E-state index in [1.807, 2.05) is 0 Å². The molecule has 1 fully saturated rings. The highest BCUT2D eigenvalue weighted by Crippen LogP contribution is 2.05. The topological polar surface area (TPSA) is 32.3 Å². The fourth-order valence-electron chi connectivity index (χ4n) is 1.84. The van der Waals surface area contributed by atoms with Crippen LogP contribution in [0, 0.1) is 0 Å². The summed E-state index contributed by atoms with van der Waals surface area (Å²) < 4.78 is 11.1. The Balaban J connectivity index is 1.90. The maximum absolute atomic E-state index is 11.1. The fourth-order valence-corrected chi connectivity index (χ4v) is 2.29. The SMILES string of the molecule is CC(CCNCCN1CCCC1)S(C)=O. The molecule has 0 aliphatic carbocycles. The lowest BCUT2D eigenvalue weighted by Gasteiger charge is -2.15. The van der Waals surface area contributed by atoms with Crippen LogP contribution >= 0.6 is 0 Å². The monoisotopic (exact) mass is 232 g/mol. The molecule has 1 heterocycles. The Labute approximate surface area is 96.1 Å². The standard InChI is InChI=1S/C11H24N2OS/c1-11(15(2)14)5-6-12-7-10-13-8-3-4-9-13/h11-12H,3-10H2,1-2H3. The zero-order valence-electron chi connectivity index (χ0n) is 10.00. The minimum atomic E-state index is -0.668. The first kappa shape index (κ1) is 13.1. The third-order valence-electron chi connectivity index (χ3n) is 3.10. The van der Waals surface area contributed by atoms with Gasteiger partial charge in [0.2, 0.25) is 0 Å². The number of hydrogen-bond acceptors (Lipinski definition) is 3. The van der Waals surface area contributed by atoms with Gasteiger partial charge >= 0.3 is 0 Å². The molecule has 1 rings (SSSR count). The van der Waals surface area contributed by atoms with Gasteiger partial charge in [-0.05, 0) is 38.9 Å². The summed E-state index contributed by atoms with van der Waals surface area (Å²) in [4.78, 5) is 2.51. The van der Waals surface area contributed by atoms with Crippen LogP contribution in [0.3, 0.4) is 0 Å². The van der Waals surface area contributed by atoms with Crippen molar-refractivity contribution in [2.75, 3.05) is 39.0 Å². The van der Waals surface area contributed by atoms with E-state index in [2.05, 4.69) is 17.1 Å². The first-order valence-corrected chi connectivity index (χ1v) is 7.57. The van der Waals surface area contributed by atoms with E-state index in [9.17, 15) is 4.21 Å². The Morgan fingerprint density at radius 2 is 2.00 bits per heavy atom. The van der Waals surface area contributed by atoms with Crippen molar-refractivity contribution in [1.82, 2.24) is 10.2 Å². The summed E-state index contributed by atoms with van der Waals surface area (Å²) in [7, 11) is -0.668. The van der Waals surface area contributed by atoms with E-state index in [4.69, 9.17) is 0 Å². The van der Waals surface area contributed by atoms with Crippen molar-refractivity contribution in [3.8, 4) is 0 Å². The second kappa shape index (κ2) is 7.36. The van der Waals surface area contributed by atoms with Crippen LogP contribution in [0.4, 0.5) is 0 Å². The van der Waals surface area contributed by atoms with Gasteiger partial charge in [0.25, 0.3) is 0 Å². The maximum atomic E-state index is 11.1. The lowest BCUT2D eigenvalue weighted by atomic mass is 10.3. The van der Waals surface area contributed by atoms with Crippen LogP contribution in [-0.2, 0) is 10.8 Å². The molecule has 1 aliphatic heterocycles. The van der Waals surface area contributed by atoms with Gasteiger partial charge in [0, 0.05) is 35.4 Å². The number of nitrogens with one attached hydrogen (secondary N) is 1. The van der Waals surface area contributed by atoms with Crippen molar-refractivity contribution in [1.29, 1.82) is 0 Å². The number of hydrogen-bond donors (Lipinski definition) is 1. The highest BCUT2D eigenvalue weighted by atomic mass is 32.2. The smallest absolute Gasteiger partial charge is 0.0329 e. The molecule has 0 aromatic carbocycles. The third-order valence-corrected chi connectivity index (χ3v) is 4.47. The molecule has 1 saturated heterocycles. The number of nitrogens with zero attached hydrogens (tertiary/aromatic N) is 1. The van der Waals surface area contributed by atoms with Gasteiger partial charge in [-0.3, -0.25) is 4.21 Å². The summed E-state index contributed by atoms with van der Waals surface area (Å²) in [6.07, 6.45) is 5.54. The van der Waals surface area contributed by atoms with E-state index >= 15 is 0 Å². The van der Waals surface area contributed by atoms with Crippen LogP contribution in [0.15, 0.2) is 0 Å². The molecule has 4 heteroatoms. The van der Waals surface area contributed by atoms with Crippen LogP contribution in [0.25, 0.3) is 0 Å². The summed E-state index contributed by atoms with van der Waals surface area (Å²) >= 11 is 0. The fraction of sp³-hybridized carbons (Fsp3) is 1.00. The van der Waals surface area contributed by atoms with E-state index < -0.39 is 10.8 Å². The quantitative estimate of drug-likeness (QED) is 0.660. The molecule has 3 nitrogen and oxygen atoms in total. The predicted molar refractivity (Wildman–Crippen MR) is 66.7 cm³/mol. The average molecular weight is 232 g/mol. The molecule has 2 atom stereocenters. The Hall–Kier alpha value is 0.0700. The summed E-state index contributed by atoms with van der Waals surface area (Å²) in [6, 6.07) is 0. The van der Waals surface area contributed by atoms with Gasteiger partial charge in [-0.15, -0.1) is 0 Å². The van der Waals surface area contributed by atoms with Crippen LogP contribution in [0.2, 0.25) is 0 Å². The van der Waals surface area contributed by atoms with E-state index in [0.717, 1.165) is 19.5 Å². The molecule has 15 heavy (non-hydrogen) atoms. The van der Waals surface area contributed by atoms with Crippen LogP contribution < -0.4 is 5.32 Å². The van der Waals surface area contributed by atoms with Gasteiger partial charge < -0.3 is 10.2 Å². The molecule has 0 bridgehead atoms. The predicted octanol–water partition coefficient (Wildman–Crippen LogP) is 0.829. The lowest BCUT2D eigenvalue weighted by molar-refractivity contribution is 0.336. The highest BCUT2D eigenvalue weighted by molar-refractivity contribution is 7.84. The molecular weight excluding hydrogens is 208 g/mol. The van der Waals surface area contributed by atoms with Crippen molar-refractivity contribution in [3.63, 3.8) is 0 Å². The van der Waals surface area contributed by atoms with Crippen molar-refractivity contribution >= 4 is 10.8 Å². The molecule has 90 valence electrons. The van der Waals surface area contributed by atoms with Crippen LogP contribution in [0.5, 0.6) is 0 Å². The maximum Gasteiger partial charge on any atom is 0.0329 e. The first-order valence-electron chi connectivity index (χ1n) is 5.95. The average Bonchev–Trinajstić information content (AvgIpc) is 2.69. The number of rotatable bonds is 7. The van der Waals surface area contributed by atoms with Gasteiger partial charge in [-0.1, -0.05) is 6.92 Å². The van der Waals surface area contributed by atoms with Crippen LogP contribution in [0.1, 0.15) is 26.2 Å². The zero-order valence-corrected chi connectivity index (χ0v) is 10.8. The lowest BCUT2D eigenvalue weighted by Crippen LogP contribution is -2.31. The van der Waals surface area contributed by atoms with Crippen molar-refractivity contribution < 1.29 is 4.21 Å². The Kier molecular flexibility index (Phi) is 6.45. The summed E-state index contributed by atoms with van der Waals surface area (Å²) in [6.45, 7) is 7.84. The Morgan fingerprint density at radius 1 is 1.33 bits per heavy atom. The zero-order chi connectivity index (χ0) is 11.1. The molecule has 0 radical (unpaired) electrons. The molecule has 1 N–H and O–H groups in total. The van der Waals surface area contributed by atoms with Crippen molar-refractivity contribution in [2.45, 2.75) is 31.4 Å². The first-order chi connectivity index (χ1) is 7.20. The van der Waals surface area contributed by atoms with Gasteiger partial charge in [0.15, 0.2) is 0 Å². The molecule has 0 aromatic rings. The van der Waals surface area contributed by atoms with Gasteiger partial charge in [-0.2, -0.15) is 0 Å². The summed E-state index contributed by atoms with van der Waals surface area (Å²) in [5, 5.41) is 3.75. The minimum Gasteiger partial charge on any atom is -0.315 e. The molecule has 0 aromatic heterocycles. The summed E-state index contributed by atoms with van der Waals surface area (Å²) in [5.41, 5.74) is 0. The van der Waals surface area contributed by atoms with E-state index in [0.29, 0.717) is 5.25 Å². The second-order valence-electron chi connectivity index (χ2n) is 4.40. The highest BCUT2D eigenvalue weighted by Gasteiger charge is 2.10. The Bertz CT molecular complexity index is 193.